The lowest BCUT2D eigenvalue weighted by Gasteiger charge is -2.35. The fourth-order valence-electron chi connectivity index (χ4n) is 3.09. The topological polar surface area (TPSA) is 46.2 Å². The van der Waals surface area contributed by atoms with Gasteiger partial charge in [-0.2, -0.15) is 0 Å². The summed E-state index contributed by atoms with van der Waals surface area (Å²) in [6.45, 7) is 7.33. The monoisotopic (exact) mass is 275 g/mol. The van der Waals surface area contributed by atoms with Crippen molar-refractivity contribution in [3.63, 3.8) is 0 Å². The van der Waals surface area contributed by atoms with Crippen molar-refractivity contribution in [1.82, 2.24) is 5.32 Å². The molecule has 3 atom stereocenters. The van der Waals surface area contributed by atoms with E-state index in [1.165, 1.54) is 19.3 Å². The minimum absolute atomic E-state index is 0.348. The summed E-state index contributed by atoms with van der Waals surface area (Å²) in [5.74, 6) is 2.01. The molecule has 108 valence electrons. The quantitative estimate of drug-likeness (QED) is 0.777. The summed E-state index contributed by atoms with van der Waals surface area (Å²) in [4.78, 5) is 0. The van der Waals surface area contributed by atoms with Gasteiger partial charge in [-0.15, -0.1) is 0 Å². The van der Waals surface area contributed by atoms with Gasteiger partial charge in [0.05, 0.1) is 5.75 Å². The third kappa shape index (κ3) is 5.27. The normalized spacial score (nSPS) is 29.4. The van der Waals surface area contributed by atoms with E-state index in [9.17, 15) is 8.42 Å². The first-order valence-electron chi connectivity index (χ1n) is 7.42. The van der Waals surface area contributed by atoms with Gasteiger partial charge < -0.3 is 5.32 Å². The second-order valence-electron chi connectivity index (χ2n) is 5.78. The van der Waals surface area contributed by atoms with Crippen LogP contribution in [0.15, 0.2) is 0 Å². The summed E-state index contributed by atoms with van der Waals surface area (Å²) < 4.78 is 23.6. The van der Waals surface area contributed by atoms with Crippen LogP contribution in [-0.4, -0.2) is 32.5 Å². The zero-order valence-corrected chi connectivity index (χ0v) is 12.9. The first-order chi connectivity index (χ1) is 8.48. The van der Waals surface area contributed by atoms with Crippen LogP contribution in [0.3, 0.4) is 0 Å². The molecule has 0 aromatic rings. The number of nitrogens with one attached hydrogen (secondary N) is 1. The molecule has 1 aliphatic rings. The Labute approximate surface area is 113 Å². The Morgan fingerprint density at radius 3 is 2.50 bits per heavy atom. The summed E-state index contributed by atoms with van der Waals surface area (Å²) in [5.41, 5.74) is 0. The maximum absolute atomic E-state index is 11.8. The lowest BCUT2D eigenvalue weighted by molar-refractivity contribution is 0.211. The molecule has 18 heavy (non-hydrogen) atoms. The Hall–Kier alpha value is -0.0900. The highest BCUT2D eigenvalue weighted by Gasteiger charge is 2.28. The number of rotatable bonds is 7. The van der Waals surface area contributed by atoms with Crippen molar-refractivity contribution in [1.29, 1.82) is 0 Å². The number of hydrogen-bond acceptors (Lipinski definition) is 3. The maximum atomic E-state index is 11.8. The highest BCUT2D eigenvalue weighted by Crippen LogP contribution is 2.31. The third-order valence-corrected chi connectivity index (χ3v) is 5.91. The molecule has 0 aromatic carbocycles. The molecule has 1 saturated carbocycles. The Morgan fingerprint density at radius 2 is 1.89 bits per heavy atom. The van der Waals surface area contributed by atoms with Gasteiger partial charge in [0.15, 0.2) is 0 Å². The fraction of sp³-hybridized carbons (Fsp3) is 1.00. The van der Waals surface area contributed by atoms with E-state index >= 15 is 0 Å². The van der Waals surface area contributed by atoms with Crippen LogP contribution in [0.4, 0.5) is 0 Å². The standard InChI is InChI=1S/C14H29NO2S/c1-4-9-18(16,17)10-8-13-11-12(3)6-7-14(13)15-5-2/h12-15H,4-11H2,1-3H3. The van der Waals surface area contributed by atoms with E-state index in [1.807, 2.05) is 6.92 Å². The van der Waals surface area contributed by atoms with Gasteiger partial charge in [-0.3, -0.25) is 0 Å². The van der Waals surface area contributed by atoms with E-state index in [1.54, 1.807) is 0 Å². The van der Waals surface area contributed by atoms with Crippen molar-refractivity contribution >= 4 is 9.84 Å². The van der Waals surface area contributed by atoms with Crippen molar-refractivity contribution in [3.8, 4) is 0 Å². The largest absolute Gasteiger partial charge is 0.314 e. The number of hydrogen-bond donors (Lipinski definition) is 1. The van der Waals surface area contributed by atoms with Crippen LogP contribution < -0.4 is 5.32 Å². The van der Waals surface area contributed by atoms with Gasteiger partial charge in [0.1, 0.15) is 9.84 Å². The molecule has 0 saturated heterocycles. The van der Waals surface area contributed by atoms with Gasteiger partial charge in [0, 0.05) is 11.8 Å². The molecule has 0 amide bonds. The SMILES string of the molecule is CCCS(=O)(=O)CCC1CC(C)CCC1NCC. The Morgan fingerprint density at radius 1 is 1.17 bits per heavy atom. The molecular formula is C14H29NO2S. The van der Waals surface area contributed by atoms with E-state index in [-0.39, 0.29) is 0 Å². The molecule has 4 heteroatoms. The Balaban J connectivity index is 2.50. The molecule has 1 N–H and O–H groups in total. The van der Waals surface area contributed by atoms with Crippen LogP contribution in [0.1, 0.15) is 52.9 Å². The average Bonchev–Trinajstić information content (AvgIpc) is 2.30. The molecule has 1 fully saturated rings. The fourth-order valence-corrected chi connectivity index (χ4v) is 4.58. The van der Waals surface area contributed by atoms with Gasteiger partial charge >= 0.3 is 0 Å². The van der Waals surface area contributed by atoms with Gasteiger partial charge in [0.2, 0.25) is 0 Å². The van der Waals surface area contributed by atoms with Crippen LogP contribution in [0.25, 0.3) is 0 Å². The first-order valence-corrected chi connectivity index (χ1v) is 9.24. The van der Waals surface area contributed by atoms with E-state index < -0.39 is 9.84 Å². The predicted octanol–water partition coefficient (Wildman–Crippen LogP) is 2.62. The molecule has 0 aliphatic heterocycles. The van der Waals surface area contributed by atoms with Gasteiger partial charge in [-0.25, -0.2) is 8.42 Å². The van der Waals surface area contributed by atoms with Crippen LogP contribution in [0.2, 0.25) is 0 Å². The van der Waals surface area contributed by atoms with Crippen molar-refractivity contribution in [2.75, 3.05) is 18.1 Å². The molecule has 0 spiro atoms. The van der Waals surface area contributed by atoms with Crippen molar-refractivity contribution < 1.29 is 8.42 Å². The van der Waals surface area contributed by atoms with Crippen LogP contribution in [0.5, 0.6) is 0 Å². The van der Waals surface area contributed by atoms with Crippen molar-refractivity contribution in [2.24, 2.45) is 11.8 Å². The molecule has 0 aromatic heterocycles. The third-order valence-electron chi connectivity index (χ3n) is 4.03. The minimum Gasteiger partial charge on any atom is -0.314 e. The molecule has 1 rings (SSSR count). The smallest absolute Gasteiger partial charge is 0.150 e. The highest BCUT2D eigenvalue weighted by atomic mass is 32.2. The first kappa shape index (κ1) is 16.0. The maximum Gasteiger partial charge on any atom is 0.150 e. The van der Waals surface area contributed by atoms with Gasteiger partial charge in [-0.1, -0.05) is 20.8 Å². The molecule has 0 radical (unpaired) electrons. The van der Waals surface area contributed by atoms with Crippen LogP contribution in [0, 0.1) is 11.8 Å². The number of sulfone groups is 1. The average molecular weight is 275 g/mol. The zero-order valence-electron chi connectivity index (χ0n) is 12.1. The minimum atomic E-state index is -2.81. The van der Waals surface area contributed by atoms with E-state index in [2.05, 4.69) is 19.2 Å². The van der Waals surface area contributed by atoms with E-state index in [0.717, 1.165) is 25.3 Å². The predicted molar refractivity (Wildman–Crippen MR) is 77.5 cm³/mol. The van der Waals surface area contributed by atoms with E-state index in [4.69, 9.17) is 0 Å². The lowest BCUT2D eigenvalue weighted by atomic mass is 9.77. The Bertz CT molecular complexity index is 327. The summed E-state index contributed by atoms with van der Waals surface area (Å²) in [7, 11) is -2.81. The zero-order chi connectivity index (χ0) is 13.6. The summed E-state index contributed by atoms with van der Waals surface area (Å²) >= 11 is 0. The van der Waals surface area contributed by atoms with Gasteiger partial charge in [0.25, 0.3) is 0 Å². The summed E-state index contributed by atoms with van der Waals surface area (Å²) in [6, 6.07) is 0.531. The summed E-state index contributed by atoms with van der Waals surface area (Å²) in [5, 5.41) is 3.53. The molecular weight excluding hydrogens is 246 g/mol. The van der Waals surface area contributed by atoms with Crippen molar-refractivity contribution in [2.45, 2.75) is 58.9 Å². The summed E-state index contributed by atoms with van der Waals surface area (Å²) in [6.07, 6.45) is 5.23. The molecule has 3 unspecified atom stereocenters. The van der Waals surface area contributed by atoms with Gasteiger partial charge in [-0.05, 0) is 50.5 Å². The molecule has 0 heterocycles. The van der Waals surface area contributed by atoms with Crippen LogP contribution in [-0.2, 0) is 9.84 Å². The molecule has 3 nitrogen and oxygen atoms in total. The highest BCUT2D eigenvalue weighted by molar-refractivity contribution is 7.91. The Kier molecular flexibility index (Phi) is 6.64. The molecule has 1 aliphatic carbocycles. The second-order valence-corrected chi connectivity index (χ2v) is 8.09. The molecule has 0 bridgehead atoms. The van der Waals surface area contributed by atoms with Crippen LogP contribution >= 0.6 is 0 Å². The lowest BCUT2D eigenvalue weighted by Crippen LogP contribution is -2.41. The van der Waals surface area contributed by atoms with Crippen molar-refractivity contribution in [3.05, 3.63) is 0 Å². The van der Waals surface area contributed by atoms with E-state index in [0.29, 0.717) is 23.5 Å². The second kappa shape index (κ2) is 7.49.